The average molecular weight is 280 g/mol. The molecule has 0 spiro atoms. The summed E-state index contributed by atoms with van der Waals surface area (Å²) >= 11 is 1.40. The number of rotatable bonds is 5. The van der Waals surface area contributed by atoms with Crippen LogP contribution in [-0.2, 0) is 11.2 Å². The van der Waals surface area contributed by atoms with E-state index in [9.17, 15) is 4.79 Å². The fourth-order valence-corrected chi connectivity index (χ4v) is 3.93. The summed E-state index contributed by atoms with van der Waals surface area (Å²) in [5, 5.41) is 10.8. The standard InChI is InChI=1S/C13H20N4OS/c1-2-11-15-13(17-16-11)19-7-12(18)14-10-6-8-3-4-9(10)5-8/h8-10H,2-7H2,1H3,(H,14,18)(H,15,16,17). The molecule has 1 amide bonds. The van der Waals surface area contributed by atoms with Gasteiger partial charge in [0.25, 0.3) is 0 Å². The van der Waals surface area contributed by atoms with Crippen LogP contribution in [-0.4, -0.2) is 32.9 Å². The number of amides is 1. The molecule has 0 aliphatic heterocycles. The number of H-pyrrole nitrogens is 1. The van der Waals surface area contributed by atoms with Crippen molar-refractivity contribution in [3.05, 3.63) is 5.82 Å². The van der Waals surface area contributed by atoms with E-state index in [4.69, 9.17) is 0 Å². The van der Waals surface area contributed by atoms with Crippen LogP contribution in [0.15, 0.2) is 5.16 Å². The smallest absolute Gasteiger partial charge is 0.230 e. The van der Waals surface area contributed by atoms with E-state index in [1.807, 2.05) is 6.92 Å². The molecule has 19 heavy (non-hydrogen) atoms. The Balaban J connectivity index is 1.44. The Morgan fingerprint density at radius 2 is 2.37 bits per heavy atom. The monoisotopic (exact) mass is 280 g/mol. The molecule has 2 N–H and O–H groups in total. The first kappa shape index (κ1) is 13.0. The van der Waals surface area contributed by atoms with Gasteiger partial charge in [-0.2, -0.15) is 0 Å². The molecule has 3 unspecified atom stereocenters. The van der Waals surface area contributed by atoms with E-state index in [-0.39, 0.29) is 5.91 Å². The Labute approximate surface area is 117 Å². The zero-order valence-corrected chi connectivity index (χ0v) is 12.0. The minimum atomic E-state index is 0.116. The number of fused-ring (bicyclic) bond motifs is 2. The van der Waals surface area contributed by atoms with Crippen LogP contribution >= 0.6 is 11.8 Å². The minimum Gasteiger partial charge on any atom is -0.352 e. The highest BCUT2D eigenvalue weighted by Gasteiger charge is 2.39. The second kappa shape index (κ2) is 5.53. The van der Waals surface area contributed by atoms with Crippen LogP contribution < -0.4 is 5.32 Å². The summed E-state index contributed by atoms with van der Waals surface area (Å²) < 4.78 is 0. The zero-order chi connectivity index (χ0) is 13.2. The second-order valence-corrected chi connectivity index (χ2v) is 6.50. The van der Waals surface area contributed by atoms with Crippen molar-refractivity contribution in [2.45, 2.75) is 50.2 Å². The van der Waals surface area contributed by atoms with Gasteiger partial charge in [-0.05, 0) is 31.1 Å². The van der Waals surface area contributed by atoms with E-state index in [0.29, 0.717) is 17.0 Å². The first-order valence-electron chi connectivity index (χ1n) is 7.08. The van der Waals surface area contributed by atoms with Crippen LogP contribution in [0.5, 0.6) is 0 Å². The Bertz CT molecular complexity index is 461. The first-order chi connectivity index (χ1) is 9.24. The van der Waals surface area contributed by atoms with E-state index in [1.54, 1.807) is 0 Å². The van der Waals surface area contributed by atoms with E-state index in [1.165, 1.54) is 37.4 Å². The maximum Gasteiger partial charge on any atom is 0.230 e. The van der Waals surface area contributed by atoms with Crippen molar-refractivity contribution >= 4 is 17.7 Å². The van der Waals surface area contributed by atoms with Gasteiger partial charge in [-0.3, -0.25) is 9.89 Å². The molecule has 2 aliphatic rings. The van der Waals surface area contributed by atoms with Crippen LogP contribution in [0, 0.1) is 11.8 Å². The fourth-order valence-electron chi connectivity index (χ4n) is 3.30. The largest absolute Gasteiger partial charge is 0.352 e. The van der Waals surface area contributed by atoms with Crippen molar-refractivity contribution < 1.29 is 4.79 Å². The molecule has 0 aromatic carbocycles. The summed E-state index contributed by atoms with van der Waals surface area (Å²) in [6, 6.07) is 0.421. The Hall–Kier alpha value is -1.04. The summed E-state index contributed by atoms with van der Waals surface area (Å²) in [7, 11) is 0. The van der Waals surface area contributed by atoms with Gasteiger partial charge in [0.1, 0.15) is 5.82 Å². The third-order valence-electron chi connectivity index (χ3n) is 4.26. The van der Waals surface area contributed by atoms with Crippen LogP contribution in [0.4, 0.5) is 0 Å². The van der Waals surface area contributed by atoms with Crippen LogP contribution in [0.3, 0.4) is 0 Å². The lowest BCUT2D eigenvalue weighted by atomic mass is 9.95. The number of nitrogens with zero attached hydrogens (tertiary/aromatic N) is 2. The second-order valence-electron chi connectivity index (χ2n) is 5.56. The Morgan fingerprint density at radius 3 is 3.00 bits per heavy atom. The Kier molecular flexibility index (Phi) is 3.77. The molecule has 3 atom stereocenters. The quantitative estimate of drug-likeness (QED) is 0.806. The van der Waals surface area contributed by atoms with E-state index in [2.05, 4.69) is 20.5 Å². The van der Waals surface area contributed by atoms with Crippen LogP contribution in [0.1, 0.15) is 38.4 Å². The molecule has 5 nitrogen and oxygen atoms in total. The highest BCUT2D eigenvalue weighted by molar-refractivity contribution is 7.99. The van der Waals surface area contributed by atoms with E-state index < -0.39 is 0 Å². The molecule has 2 saturated carbocycles. The molecule has 2 bridgehead atoms. The minimum absolute atomic E-state index is 0.116. The molecule has 0 radical (unpaired) electrons. The highest BCUT2D eigenvalue weighted by Crippen LogP contribution is 2.44. The third-order valence-corrected chi connectivity index (χ3v) is 5.11. The molecule has 2 fully saturated rings. The number of aryl methyl sites for hydroxylation is 1. The fraction of sp³-hybridized carbons (Fsp3) is 0.769. The zero-order valence-electron chi connectivity index (χ0n) is 11.2. The molecule has 1 aromatic heterocycles. The molecule has 0 saturated heterocycles. The van der Waals surface area contributed by atoms with Gasteiger partial charge >= 0.3 is 0 Å². The van der Waals surface area contributed by atoms with Gasteiger partial charge in [-0.25, -0.2) is 4.98 Å². The molecule has 1 aromatic rings. The molecule has 1 heterocycles. The van der Waals surface area contributed by atoms with Crippen LogP contribution in [0.25, 0.3) is 0 Å². The van der Waals surface area contributed by atoms with Crippen molar-refractivity contribution in [1.82, 2.24) is 20.5 Å². The molecule has 6 heteroatoms. The van der Waals surface area contributed by atoms with Gasteiger partial charge in [-0.1, -0.05) is 25.1 Å². The SMILES string of the molecule is CCc1nc(SCC(=O)NC2CC3CCC2C3)n[nH]1. The summed E-state index contributed by atoms with van der Waals surface area (Å²) in [6.45, 7) is 2.02. The number of hydrogen-bond acceptors (Lipinski definition) is 4. The number of aromatic nitrogens is 3. The predicted octanol–water partition coefficient (Wildman–Crippen LogP) is 1.76. The van der Waals surface area contributed by atoms with Crippen molar-refractivity contribution in [1.29, 1.82) is 0 Å². The number of thioether (sulfide) groups is 1. The van der Waals surface area contributed by atoms with Crippen LogP contribution in [0.2, 0.25) is 0 Å². The average Bonchev–Trinajstić information content (AvgIpc) is 3.12. The van der Waals surface area contributed by atoms with Crippen molar-refractivity contribution in [3.8, 4) is 0 Å². The lowest BCUT2D eigenvalue weighted by Crippen LogP contribution is -2.39. The van der Waals surface area contributed by atoms with Gasteiger partial charge < -0.3 is 5.32 Å². The topological polar surface area (TPSA) is 70.7 Å². The number of carbonyl (C=O) groups is 1. The van der Waals surface area contributed by atoms with E-state index in [0.717, 1.165) is 24.1 Å². The number of carbonyl (C=O) groups excluding carboxylic acids is 1. The van der Waals surface area contributed by atoms with Gasteiger partial charge in [0.05, 0.1) is 5.75 Å². The molecular formula is C13H20N4OS. The van der Waals surface area contributed by atoms with Gasteiger partial charge in [-0.15, -0.1) is 5.10 Å². The van der Waals surface area contributed by atoms with E-state index >= 15 is 0 Å². The molecule has 2 aliphatic carbocycles. The normalized spacial score (nSPS) is 28.8. The summed E-state index contributed by atoms with van der Waals surface area (Å²) in [5.41, 5.74) is 0. The van der Waals surface area contributed by atoms with Crippen molar-refractivity contribution in [2.75, 3.05) is 5.75 Å². The van der Waals surface area contributed by atoms with Crippen molar-refractivity contribution in [3.63, 3.8) is 0 Å². The van der Waals surface area contributed by atoms with Gasteiger partial charge in [0.2, 0.25) is 11.1 Å². The lowest BCUT2D eigenvalue weighted by Gasteiger charge is -2.22. The highest BCUT2D eigenvalue weighted by atomic mass is 32.2. The number of nitrogens with one attached hydrogen (secondary N) is 2. The summed E-state index contributed by atoms with van der Waals surface area (Å²) in [5.74, 6) is 2.99. The first-order valence-corrected chi connectivity index (χ1v) is 8.06. The maximum atomic E-state index is 11.9. The van der Waals surface area contributed by atoms with Gasteiger partial charge in [0, 0.05) is 12.5 Å². The van der Waals surface area contributed by atoms with Crippen molar-refractivity contribution in [2.24, 2.45) is 11.8 Å². The third kappa shape index (κ3) is 2.94. The lowest BCUT2D eigenvalue weighted by molar-refractivity contribution is -0.119. The van der Waals surface area contributed by atoms with Gasteiger partial charge in [0.15, 0.2) is 0 Å². The molecule has 3 rings (SSSR count). The number of aromatic amines is 1. The summed E-state index contributed by atoms with van der Waals surface area (Å²) in [4.78, 5) is 16.2. The number of hydrogen-bond donors (Lipinski definition) is 2. The summed E-state index contributed by atoms with van der Waals surface area (Å²) in [6.07, 6.45) is 6.00. The molecular weight excluding hydrogens is 260 g/mol. The Morgan fingerprint density at radius 1 is 1.47 bits per heavy atom. The predicted molar refractivity (Wildman–Crippen MR) is 73.9 cm³/mol. The maximum absolute atomic E-state index is 11.9. The molecule has 104 valence electrons.